The Hall–Kier alpha value is -2.83. The van der Waals surface area contributed by atoms with Gasteiger partial charge in [0, 0.05) is 25.0 Å². The summed E-state index contributed by atoms with van der Waals surface area (Å²) >= 11 is 0. The van der Waals surface area contributed by atoms with Gasteiger partial charge in [-0.1, -0.05) is 69.7 Å². The SMILES string of the molecule is CC[C@H]1OC(=O)[C@H](C)C(=O)[C@H](C)[C@@H](OC2O[C@H](C)C[C@H](N(C)C)[C@H]2O)[C@](C)(OC)C[C@@H](C)/C(=C\Cc2ccccc2)[C@H](C)[C@@H]2NC(=O)O[C@]12C. The number of fused-ring (bicyclic) bond motifs is 1. The summed E-state index contributed by atoms with van der Waals surface area (Å²) in [6, 6.07) is 9.36. The smallest absolute Gasteiger partial charge is 0.408 e. The number of hydrogen-bond donors (Lipinski definition) is 2. The number of nitrogens with one attached hydrogen (secondary N) is 1. The molecule has 0 radical (unpaired) electrons. The Morgan fingerprint density at radius 2 is 1.70 bits per heavy atom. The minimum Gasteiger partial charge on any atom is -0.458 e. The molecule has 50 heavy (non-hydrogen) atoms. The number of aliphatic hydroxyl groups is 1. The van der Waals surface area contributed by atoms with Crippen molar-refractivity contribution in [3.05, 3.63) is 47.5 Å². The third-order valence-corrected chi connectivity index (χ3v) is 11.5. The maximum absolute atomic E-state index is 14.3. The highest BCUT2D eigenvalue weighted by Crippen LogP contribution is 2.43. The number of carbonyl (C=O) groups excluding carboxylic acids is 3. The number of alkyl carbamates (subject to hydrolysis) is 1. The number of rotatable bonds is 7. The predicted molar refractivity (Wildman–Crippen MR) is 189 cm³/mol. The first kappa shape index (κ1) is 39.9. The van der Waals surface area contributed by atoms with Crippen molar-refractivity contribution in [3.63, 3.8) is 0 Å². The van der Waals surface area contributed by atoms with Crippen LogP contribution >= 0.6 is 0 Å². The van der Waals surface area contributed by atoms with Crippen LogP contribution in [0.15, 0.2) is 42.0 Å². The molecule has 4 rings (SSSR count). The molecular formula is C39H60N2O9. The van der Waals surface area contributed by atoms with Crippen LogP contribution in [0.25, 0.3) is 0 Å². The Kier molecular flexibility index (Phi) is 13.0. The average molecular weight is 701 g/mol. The molecular weight excluding hydrogens is 640 g/mol. The zero-order valence-corrected chi connectivity index (χ0v) is 31.8. The Labute approximate surface area is 298 Å². The van der Waals surface area contributed by atoms with E-state index < -0.39 is 65.7 Å². The van der Waals surface area contributed by atoms with E-state index in [9.17, 15) is 19.5 Å². The molecule has 2 N–H and O–H groups in total. The first-order chi connectivity index (χ1) is 23.5. The number of esters is 1. The van der Waals surface area contributed by atoms with Crippen LogP contribution in [0.5, 0.6) is 0 Å². The van der Waals surface area contributed by atoms with E-state index in [1.807, 2.05) is 58.0 Å². The maximum atomic E-state index is 14.3. The highest BCUT2D eigenvalue weighted by molar-refractivity contribution is 6.00. The van der Waals surface area contributed by atoms with Crippen molar-refractivity contribution < 1.29 is 43.2 Å². The number of amides is 1. The molecule has 11 nitrogen and oxygen atoms in total. The first-order valence-corrected chi connectivity index (χ1v) is 18.1. The molecule has 1 amide bonds. The lowest BCUT2D eigenvalue weighted by Crippen LogP contribution is -2.59. The van der Waals surface area contributed by atoms with Crippen LogP contribution in [0, 0.1) is 23.7 Å². The number of hydrogen-bond acceptors (Lipinski definition) is 10. The van der Waals surface area contributed by atoms with Gasteiger partial charge >= 0.3 is 12.1 Å². The molecule has 0 saturated carbocycles. The Morgan fingerprint density at radius 1 is 1.04 bits per heavy atom. The molecule has 3 aliphatic heterocycles. The molecule has 0 aromatic heterocycles. The number of cyclic esters (lactones) is 1. The van der Waals surface area contributed by atoms with Gasteiger partial charge in [0.25, 0.3) is 0 Å². The van der Waals surface area contributed by atoms with E-state index in [4.69, 9.17) is 23.7 Å². The van der Waals surface area contributed by atoms with Gasteiger partial charge in [-0.15, -0.1) is 0 Å². The van der Waals surface area contributed by atoms with E-state index in [1.165, 1.54) is 6.92 Å². The van der Waals surface area contributed by atoms with Gasteiger partial charge in [0.1, 0.15) is 18.1 Å². The molecule has 1 unspecified atom stereocenters. The number of aliphatic hydroxyl groups excluding tert-OH is 1. The van der Waals surface area contributed by atoms with Crippen LogP contribution < -0.4 is 5.32 Å². The van der Waals surface area contributed by atoms with Crippen molar-refractivity contribution in [2.75, 3.05) is 21.2 Å². The largest absolute Gasteiger partial charge is 0.458 e. The van der Waals surface area contributed by atoms with Crippen LogP contribution in [-0.2, 0) is 39.7 Å². The highest BCUT2D eigenvalue weighted by Gasteiger charge is 2.56. The minimum absolute atomic E-state index is 0.137. The van der Waals surface area contributed by atoms with Crippen molar-refractivity contribution in [1.29, 1.82) is 0 Å². The monoisotopic (exact) mass is 700 g/mol. The normalized spacial score (nSPS) is 41.3. The number of methoxy groups -OCH3 is 1. The molecule has 280 valence electrons. The lowest BCUT2D eigenvalue weighted by Gasteiger charge is -2.47. The third-order valence-electron chi connectivity index (χ3n) is 11.5. The third kappa shape index (κ3) is 8.28. The van der Waals surface area contributed by atoms with Gasteiger partial charge in [-0.05, 0) is 79.0 Å². The fraction of sp³-hybridized carbons (Fsp3) is 0.718. The van der Waals surface area contributed by atoms with Crippen LogP contribution in [0.1, 0.15) is 80.2 Å². The van der Waals surface area contributed by atoms with Crippen molar-refractivity contribution in [1.82, 2.24) is 10.2 Å². The van der Waals surface area contributed by atoms with E-state index in [-0.39, 0.29) is 29.8 Å². The van der Waals surface area contributed by atoms with E-state index in [2.05, 4.69) is 37.4 Å². The van der Waals surface area contributed by atoms with Crippen molar-refractivity contribution >= 4 is 17.8 Å². The van der Waals surface area contributed by atoms with Gasteiger partial charge < -0.3 is 39.0 Å². The summed E-state index contributed by atoms with van der Waals surface area (Å²) in [6.07, 6.45) is -0.304. The number of allylic oxidation sites excluding steroid dienone is 1. The molecule has 0 bridgehead atoms. The molecule has 3 fully saturated rings. The number of benzene rings is 1. The second-order valence-electron chi connectivity index (χ2n) is 15.4. The number of Topliss-reactive ketones (excluding diaryl/α,β-unsaturated/α-hetero) is 1. The van der Waals surface area contributed by atoms with Gasteiger partial charge in [0.05, 0.1) is 23.9 Å². The fourth-order valence-electron chi connectivity index (χ4n) is 8.47. The van der Waals surface area contributed by atoms with Gasteiger partial charge in [0.2, 0.25) is 0 Å². The Morgan fingerprint density at radius 3 is 2.30 bits per heavy atom. The Bertz CT molecular complexity index is 1370. The second kappa shape index (κ2) is 16.2. The molecule has 0 spiro atoms. The van der Waals surface area contributed by atoms with E-state index in [1.54, 1.807) is 21.0 Å². The first-order valence-electron chi connectivity index (χ1n) is 18.1. The molecule has 1 aromatic carbocycles. The molecule has 13 atom stereocenters. The topological polar surface area (TPSA) is 133 Å². The van der Waals surface area contributed by atoms with Crippen molar-refractivity contribution in [2.24, 2.45) is 23.7 Å². The number of ketones is 1. The van der Waals surface area contributed by atoms with Crippen LogP contribution in [-0.4, -0.2) is 103 Å². The molecule has 3 heterocycles. The zero-order chi connectivity index (χ0) is 37.1. The van der Waals surface area contributed by atoms with Crippen molar-refractivity contribution in [3.8, 4) is 0 Å². The second-order valence-corrected chi connectivity index (χ2v) is 15.4. The van der Waals surface area contributed by atoms with Crippen LogP contribution in [0.3, 0.4) is 0 Å². The molecule has 3 aliphatic rings. The fourth-order valence-corrected chi connectivity index (χ4v) is 8.47. The Balaban J connectivity index is 1.85. The molecule has 1 aromatic rings. The summed E-state index contributed by atoms with van der Waals surface area (Å²) in [7, 11) is 5.40. The average Bonchev–Trinajstić information content (AvgIpc) is 3.40. The molecule has 0 aliphatic carbocycles. The van der Waals surface area contributed by atoms with Gasteiger partial charge in [-0.2, -0.15) is 0 Å². The van der Waals surface area contributed by atoms with Crippen LogP contribution in [0.2, 0.25) is 0 Å². The highest BCUT2D eigenvalue weighted by atomic mass is 16.7. The summed E-state index contributed by atoms with van der Waals surface area (Å²) in [5.41, 5.74) is -0.102. The summed E-state index contributed by atoms with van der Waals surface area (Å²) in [5, 5.41) is 14.5. The van der Waals surface area contributed by atoms with E-state index in [0.29, 0.717) is 25.7 Å². The number of nitrogens with zero attached hydrogens (tertiary/aromatic N) is 1. The number of ether oxygens (including phenoxy) is 5. The maximum Gasteiger partial charge on any atom is 0.408 e. The predicted octanol–water partition coefficient (Wildman–Crippen LogP) is 5.08. The van der Waals surface area contributed by atoms with E-state index in [0.717, 1.165) is 11.1 Å². The van der Waals surface area contributed by atoms with Gasteiger partial charge in [-0.25, -0.2) is 4.79 Å². The summed E-state index contributed by atoms with van der Waals surface area (Å²) < 4.78 is 31.2. The summed E-state index contributed by atoms with van der Waals surface area (Å²) in [4.78, 5) is 42.9. The number of carbonyl (C=O) groups is 3. The molecule has 11 heteroatoms. The molecule has 3 saturated heterocycles. The summed E-state index contributed by atoms with van der Waals surface area (Å²) in [5.74, 6) is -3.48. The van der Waals surface area contributed by atoms with Crippen LogP contribution in [0.4, 0.5) is 4.79 Å². The standard InChI is InChI=1S/C39H60N2O9/c1-12-30-39(8)33(40-37(45)50-39)24(4)28(19-18-27-16-14-13-15-17-27)22(2)21-38(7,46-11)34(25(5)31(42)26(6)35(44)48-30)49-36-32(43)29(41(9)10)20-23(3)47-36/h13-17,19,22-26,29-30,32-34,36,43H,12,18,20-21H2,1-11H3,(H,40,45)/b28-19+/t22-,23-,24+,25+,26-,29+,30-,32-,33+,34-,36?,38-,39-/m1/s1. The van der Waals surface area contributed by atoms with E-state index >= 15 is 0 Å². The quantitative estimate of drug-likeness (QED) is 0.226. The van der Waals surface area contributed by atoms with Gasteiger partial charge in [0.15, 0.2) is 17.7 Å². The van der Waals surface area contributed by atoms with Gasteiger partial charge in [-0.3, -0.25) is 9.59 Å². The summed E-state index contributed by atoms with van der Waals surface area (Å²) in [6.45, 7) is 15.0. The van der Waals surface area contributed by atoms with Crippen molar-refractivity contribution in [2.45, 2.75) is 135 Å². The lowest BCUT2D eigenvalue weighted by molar-refractivity contribution is -0.295. The minimum atomic E-state index is -1.20. The zero-order valence-electron chi connectivity index (χ0n) is 31.8. The lowest BCUT2D eigenvalue weighted by atomic mass is 9.71. The number of likely N-dealkylation sites (N-methyl/N-ethyl adjacent to an activating group) is 1.